The number of nitrogens with zero attached hydrogens (tertiary/aromatic N) is 2. The highest BCUT2D eigenvalue weighted by molar-refractivity contribution is 6.31. The maximum Gasteiger partial charge on any atom is 0.356 e. The van der Waals surface area contributed by atoms with E-state index in [1.54, 1.807) is 0 Å². The lowest BCUT2D eigenvalue weighted by Crippen LogP contribution is -2.38. The van der Waals surface area contributed by atoms with Gasteiger partial charge in [0, 0.05) is 23.4 Å². The fraction of sp³-hybridized carbons (Fsp3) is 0.273. The first kappa shape index (κ1) is 19.0. The van der Waals surface area contributed by atoms with Crippen molar-refractivity contribution >= 4 is 45.8 Å². The maximum absolute atomic E-state index is 12.1. The molecule has 1 aliphatic rings. The second-order valence-corrected chi connectivity index (χ2v) is 7.91. The Bertz CT molecular complexity index is 1040. The van der Waals surface area contributed by atoms with Crippen LogP contribution in [0.5, 0.6) is 0 Å². The molecule has 4 nitrogen and oxygen atoms in total. The van der Waals surface area contributed by atoms with Crippen LogP contribution in [0.3, 0.4) is 0 Å². The summed E-state index contributed by atoms with van der Waals surface area (Å²) in [7, 11) is 0. The van der Waals surface area contributed by atoms with Gasteiger partial charge < -0.3 is 10.0 Å². The highest BCUT2D eigenvalue weighted by Crippen LogP contribution is 2.38. The van der Waals surface area contributed by atoms with Gasteiger partial charge in [0.15, 0.2) is 5.69 Å². The van der Waals surface area contributed by atoms with E-state index < -0.39 is 5.97 Å². The summed E-state index contributed by atoms with van der Waals surface area (Å²) in [6.45, 7) is 0.712. The molecule has 1 saturated heterocycles. The van der Waals surface area contributed by atoms with E-state index in [9.17, 15) is 9.90 Å². The summed E-state index contributed by atoms with van der Waals surface area (Å²) in [5.74, 6) is -1.05. The predicted octanol–water partition coefficient (Wildman–Crippen LogP) is 5.73. The largest absolute Gasteiger partial charge is 0.476 e. The number of fused-ring (bicyclic) bond motifs is 1. The number of aromatic nitrogens is 1. The Balaban J connectivity index is 1.99. The van der Waals surface area contributed by atoms with Crippen LogP contribution in [0.2, 0.25) is 5.02 Å². The summed E-state index contributed by atoms with van der Waals surface area (Å²) in [5, 5.41) is 11.5. The molecule has 3 aromatic rings. The monoisotopic (exact) mass is 414 g/mol. The number of benzene rings is 2. The first-order chi connectivity index (χ1) is 13.6. The molecule has 0 bridgehead atoms. The molecule has 1 atom stereocenters. The summed E-state index contributed by atoms with van der Waals surface area (Å²) < 4.78 is 0. The van der Waals surface area contributed by atoms with Crippen molar-refractivity contribution in [2.75, 3.05) is 11.4 Å². The smallest absolute Gasteiger partial charge is 0.356 e. The third kappa shape index (κ3) is 3.54. The molecule has 2 heterocycles. The Kier molecular flexibility index (Phi) is 5.42. The average Bonchev–Trinajstić information content (AvgIpc) is 2.70. The van der Waals surface area contributed by atoms with Crippen molar-refractivity contribution in [2.45, 2.75) is 31.2 Å². The van der Waals surface area contributed by atoms with Gasteiger partial charge in [-0.25, -0.2) is 9.78 Å². The summed E-state index contributed by atoms with van der Waals surface area (Å²) in [5.41, 5.74) is 2.93. The van der Waals surface area contributed by atoms with Crippen LogP contribution >= 0.6 is 23.2 Å². The minimum atomic E-state index is -1.05. The van der Waals surface area contributed by atoms with Crippen LogP contribution in [0.1, 0.15) is 40.9 Å². The first-order valence-electron chi connectivity index (χ1n) is 9.35. The van der Waals surface area contributed by atoms with Gasteiger partial charge in [-0.1, -0.05) is 59.6 Å². The van der Waals surface area contributed by atoms with Gasteiger partial charge in [-0.05, 0) is 42.5 Å². The van der Waals surface area contributed by atoms with Crippen molar-refractivity contribution < 1.29 is 9.90 Å². The minimum Gasteiger partial charge on any atom is -0.476 e. The van der Waals surface area contributed by atoms with Gasteiger partial charge >= 0.3 is 5.97 Å². The number of pyridine rings is 1. The van der Waals surface area contributed by atoms with Crippen molar-refractivity contribution in [3.05, 3.63) is 70.4 Å². The molecular weight excluding hydrogens is 395 g/mol. The number of piperidine rings is 1. The van der Waals surface area contributed by atoms with E-state index in [1.807, 2.05) is 53.4 Å². The SMILES string of the molecule is O=C(O)c1nc2ccccc2c(Cc2ccccc2Cl)c1N1CCCCC1Cl. The highest BCUT2D eigenvalue weighted by Gasteiger charge is 2.29. The quantitative estimate of drug-likeness (QED) is 0.437. The Morgan fingerprint density at radius 2 is 1.89 bits per heavy atom. The van der Waals surface area contributed by atoms with Crippen LogP contribution in [0.15, 0.2) is 48.5 Å². The van der Waals surface area contributed by atoms with Crippen LogP contribution in [-0.2, 0) is 6.42 Å². The van der Waals surface area contributed by atoms with Crippen molar-refractivity contribution in [2.24, 2.45) is 0 Å². The standard InChI is InChI=1S/C22H20Cl2N2O2/c23-17-9-3-1-7-14(17)13-16-15-8-2-4-10-18(15)25-20(22(27)28)21(16)26-12-6-5-11-19(26)24/h1-4,7-10,19H,5-6,11-13H2,(H,27,28). The summed E-state index contributed by atoms with van der Waals surface area (Å²) in [4.78, 5) is 18.6. The van der Waals surface area contributed by atoms with Gasteiger partial charge in [-0.15, -0.1) is 0 Å². The molecule has 1 aromatic heterocycles. The molecule has 1 aliphatic heterocycles. The Morgan fingerprint density at radius 1 is 1.14 bits per heavy atom. The zero-order valence-corrected chi connectivity index (χ0v) is 16.7. The maximum atomic E-state index is 12.1. The van der Waals surface area contributed by atoms with E-state index in [0.717, 1.165) is 35.8 Å². The van der Waals surface area contributed by atoms with Crippen LogP contribution in [0, 0.1) is 0 Å². The van der Waals surface area contributed by atoms with Gasteiger partial charge in [0.05, 0.1) is 11.2 Å². The van der Waals surface area contributed by atoms with E-state index in [4.69, 9.17) is 23.2 Å². The number of rotatable bonds is 4. The molecule has 4 rings (SSSR count). The zero-order valence-electron chi connectivity index (χ0n) is 15.2. The molecule has 1 fully saturated rings. The number of anilines is 1. The van der Waals surface area contributed by atoms with E-state index >= 15 is 0 Å². The second kappa shape index (κ2) is 7.98. The Labute approximate surface area is 173 Å². The Hall–Kier alpha value is -2.30. The first-order valence-corrected chi connectivity index (χ1v) is 10.2. The molecule has 0 radical (unpaired) electrons. The Morgan fingerprint density at radius 3 is 2.64 bits per heavy atom. The van der Waals surface area contributed by atoms with E-state index in [1.165, 1.54) is 0 Å². The van der Waals surface area contributed by atoms with Gasteiger partial charge in [0.1, 0.15) is 5.50 Å². The third-order valence-corrected chi connectivity index (χ3v) is 6.04. The molecule has 1 unspecified atom stereocenters. The van der Waals surface area contributed by atoms with Crippen molar-refractivity contribution in [3.8, 4) is 0 Å². The van der Waals surface area contributed by atoms with Crippen LogP contribution in [-0.4, -0.2) is 28.1 Å². The number of carbonyl (C=O) groups is 1. The van der Waals surface area contributed by atoms with E-state index in [2.05, 4.69) is 4.98 Å². The molecule has 0 amide bonds. The van der Waals surface area contributed by atoms with Gasteiger partial charge in [-0.3, -0.25) is 0 Å². The number of hydrogen-bond donors (Lipinski definition) is 1. The zero-order chi connectivity index (χ0) is 19.7. The van der Waals surface area contributed by atoms with Crippen molar-refractivity contribution in [1.29, 1.82) is 0 Å². The van der Waals surface area contributed by atoms with E-state index in [0.29, 0.717) is 29.2 Å². The molecule has 0 aliphatic carbocycles. The van der Waals surface area contributed by atoms with Crippen LogP contribution < -0.4 is 4.90 Å². The normalized spacial score (nSPS) is 17.1. The number of hydrogen-bond acceptors (Lipinski definition) is 3. The fourth-order valence-corrected chi connectivity index (χ4v) is 4.43. The lowest BCUT2D eigenvalue weighted by atomic mass is 9.96. The molecule has 144 valence electrons. The number of alkyl halides is 1. The van der Waals surface area contributed by atoms with E-state index in [-0.39, 0.29) is 11.2 Å². The second-order valence-electron chi connectivity index (χ2n) is 7.00. The van der Waals surface area contributed by atoms with Crippen molar-refractivity contribution in [1.82, 2.24) is 4.98 Å². The number of halogens is 2. The molecule has 2 aromatic carbocycles. The predicted molar refractivity (Wildman–Crippen MR) is 114 cm³/mol. The summed E-state index contributed by atoms with van der Waals surface area (Å²) in [6.07, 6.45) is 3.34. The van der Waals surface area contributed by atoms with Gasteiger partial charge in [-0.2, -0.15) is 0 Å². The molecule has 28 heavy (non-hydrogen) atoms. The van der Waals surface area contributed by atoms with Crippen molar-refractivity contribution in [3.63, 3.8) is 0 Å². The van der Waals surface area contributed by atoms with Crippen LogP contribution in [0.25, 0.3) is 10.9 Å². The lowest BCUT2D eigenvalue weighted by molar-refractivity contribution is 0.0691. The van der Waals surface area contributed by atoms with Gasteiger partial charge in [0.2, 0.25) is 0 Å². The number of carboxylic acid groups (broad SMARTS) is 1. The summed E-state index contributed by atoms with van der Waals surface area (Å²) in [6, 6.07) is 15.3. The molecule has 0 saturated carbocycles. The third-order valence-electron chi connectivity index (χ3n) is 5.22. The topological polar surface area (TPSA) is 53.4 Å². The molecule has 0 spiro atoms. The lowest BCUT2D eigenvalue weighted by Gasteiger charge is -2.36. The molecular formula is C22H20Cl2N2O2. The summed E-state index contributed by atoms with van der Waals surface area (Å²) >= 11 is 13.1. The molecule has 6 heteroatoms. The number of para-hydroxylation sites is 1. The van der Waals surface area contributed by atoms with Gasteiger partial charge in [0.25, 0.3) is 0 Å². The number of carboxylic acids is 1. The fourth-order valence-electron chi connectivity index (χ4n) is 3.88. The molecule has 1 N–H and O–H groups in total. The number of aromatic carboxylic acids is 1. The minimum absolute atomic E-state index is 0.0494. The van der Waals surface area contributed by atoms with Crippen LogP contribution in [0.4, 0.5) is 5.69 Å². The highest BCUT2D eigenvalue weighted by atomic mass is 35.5. The average molecular weight is 415 g/mol.